The Morgan fingerprint density at radius 3 is 2.24 bits per heavy atom. The van der Waals surface area contributed by atoms with Gasteiger partial charge in [-0.2, -0.15) is 5.10 Å². The summed E-state index contributed by atoms with van der Waals surface area (Å²) in [5.74, 6) is -0.770. The zero-order valence-corrected chi connectivity index (χ0v) is 19.2. The highest BCUT2D eigenvalue weighted by Gasteiger charge is 2.19. The predicted molar refractivity (Wildman–Crippen MR) is 126 cm³/mol. The first-order valence-corrected chi connectivity index (χ1v) is 10.5. The normalized spacial score (nSPS) is 11.8. The van der Waals surface area contributed by atoms with Crippen LogP contribution in [0.2, 0.25) is 0 Å². The maximum Gasteiger partial charge on any atom is 0.308 e. The Labute approximate surface area is 193 Å². The number of para-hydroxylation sites is 4. The lowest BCUT2D eigenvalue weighted by Crippen LogP contribution is -2.29. The smallest absolute Gasteiger partial charge is 0.308 e. The van der Waals surface area contributed by atoms with Gasteiger partial charge in [-0.1, -0.05) is 38.1 Å². The number of ether oxygens (including phenoxy) is 3. The zero-order valence-electron chi connectivity index (χ0n) is 19.2. The van der Waals surface area contributed by atoms with E-state index in [0.717, 1.165) is 0 Å². The third-order valence-corrected chi connectivity index (χ3v) is 4.68. The number of methoxy groups -OCH3 is 1. The van der Waals surface area contributed by atoms with Crippen molar-refractivity contribution < 1.29 is 28.6 Å². The molecule has 0 saturated heterocycles. The molecule has 0 aliphatic carbocycles. The molecule has 0 spiro atoms. The monoisotopic (exact) mass is 455 g/mol. The van der Waals surface area contributed by atoms with E-state index in [9.17, 15) is 14.4 Å². The van der Waals surface area contributed by atoms with E-state index >= 15 is 0 Å². The van der Waals surface area contributed by atoms with E-state index in [1.54, 1.807) is 55.5 Å². The van der Waals surface area contributed by atoms with Crippen molar-refractivity contribution in [2.75, 3.05) is 31.1 Å². The third kappa shape index (κ3) is 7.64. The fourth-order valence-electron chi connectivity index (χ4n) is 2.62. The van der Waals surface area contributed by atoms with Gasteiger partial charge in [0.25, 0.3) is 5.91 Å². The van der Waals surface area contributed by atoms with Gasteiger partial charge in [-0.05, 0) is 30.7 Å². The number of hydrogen-bond donors (Lipinski definition) is 2. The molecular weight excluding hydrogens is 426 g/mol. The van der Waals surface area contributed by atoms with Crippen molar-refractivity contribution >= 4 is 34.7 Å². The molecule has 2 aromatic rings. The average Bonchev–Trinajstić information content (AvgIpc) is 2.82. The van der Waals surface area contributed by atoms with Gasteiger partial charge >= 0.3 is 5.97 Å². The summed E-state index contributed by atoms with van der Waals surface area (Å²) in [5, 5.41) is 6.62. The van der Waals surface area contributed by atoms with Crippen LogP contribution in [0.4, 0.5) is 11.4 Å². The summed E-state index contributed by atoms with van der Waals surface area (Å²) in [4.78, 5) is 36.4. The molecule has 0 aliphatic heterocycles. The predicted octanol–water partition coefficient (Wildman–Crippen LogP) is 3.66. The van der Waals surface area contributed by atoms with Crippen molar-refractivity contribution in [3.63, 3.8) is 0 Å². The molecular formula is C24H29N3O6. The van der Waals surface area contributed by atoms with Gasteiger partial charge in [0.1, 0.15) is 24.7 Å². The van der Waals surface area contributed by atoms with Crippen LogP contribution in [0.15, 0.2) is 53.6 Å². The number of rotatable bonds is 12. The molecule has 1 atom stereocenters. The van der Waals surface area contributed by atoms with Crippen LogP contribution in [-0.2, 0) is 19.1 Å². The molecule has 176 valence electrons. The fraction of sp³-hybridized carbons (Fsp3) is 0.333. The molecule has 0 bridgehead atoms. The first kappa shape index (κ1) is 25.4. The molecule has 2 rings (SSSR count). The summed E-state index contributed by atoms with van der Waals surface area (Å²) < 4.78 is 16.1. The Morgan fingerprint density at radius 1 is 0.970 bits per heavy atom. The summed E-state index contributed by atoms with van der Waals surface area (Å²) in [6.45, 7) is 5.20. The number of hydrogen-bond acceptors (Lipinski definition) is 8. The Morgan fingerprint density at radius 2 is 1.61 bits per heavy atom. The lowest BCUT2D eigenvalue weighted by atomic mass is 10.1. The standard InChI is InChI=1S/C24H29N3O6/c1-5-16(2)24(30)33-15-14-32-21-13-9-7-11-19(21)26-27-22(17(3)28)23(29)25-18-10-6-8-12-20(18)31-4/h6-13,16,26H,5,14-15H2,1-4H3,(H,25,29)/b27-22+/t16-/m0/s1. The van der Waals surface area contributed by atoms with Crippen molar-refractivity contribution in [2.24, 2.45) is 11.0 Å². The van der Waals surface area contributed by atoms with E-state index in [0.29, 0.717) is 29.3 Å². The Kier molecular flexibility index (Phi) is 9.88. The van der Waals surface area contributed by atoms with Crippen LogP contribution < -0.4 is 20.2 Å². The molecule has 0 fully saturated rings. The number of Topliss-reactive ketones (excluding diaryl/α,β-unsaturated/α-hetero) is 1. The van der Waals surface area contributed by atoms with Crippen molar-refractivity contribution in [3.8, 4) is 11.5 Å². The van der Waals surface area contributed by atoms with Gasteiger partial charge in [0.15, 0.2) is 11.5 Å². The van der Waals surface area contributed by atoms with E-state index < -0.39 is 11.7 Å². The Hall–Kier alpha value is -3.88. The number of anilines is 2. The molecule has 0 aliphatic rings. The van der Waals surface area contributed by atoms with Crippen molar-refractivity contribution in [3.05, 3.63) is 48.5 Å². The van der Waals surface area contributed by atoms with Gasteiger partial charge in [0, 0.05) is 6.92 Å². The first-order chi connectivity index (χ1) is 15.9. The van der Waals surface area contributed by atoms with Gasteiger partial charge in [0.2, 0.25) is 0 Å². The van der Waals surface area contributed by atoms with Gasteiger partial charge in [-0.15, -0.1) is 0 Å². The second-order valence-electron chi connectivity index (χ2n) is 7.10. The minimum absolute atomic E-state index is 0.0980. The van der Waals surface area contributed by atoms with E-state index in [4.69, 9.17) is 14.2 Å². The number of benzene rings is 2. The van der Waals surface area contributed by atoms with E-state index in [2.05, 4.69) is 15.8 Å². The highest BCUT2D eigenvalue weighted by Crippen LogP contribution is 2.25. The minimum atomic E-state index is -0.685. The number of amides is 1. The average molecular weight is 456 g/mol. The van der Waals surface area contributed by atoms with Crippen molar-refractivity contribution in [2.45, 2.75) is 27.2 Å². The van der Waals surface area contributed by atoms with Crippen LogP contribution in [0, 0.1) is 5.92 Å². The number of nitrogens with one attached hydrogen (secondary N) is 2. The minimum Gasteiger partial charge on any atom is -0.495 e. The summed E-state index contributed by atoms with van der Waals surface area (Å²) in [7, 11) is 1.48. The van der Waals surface area contributed by atoms with Crippen molar-refractivity contribution in [1.29, 1.82) is 0 Å². The first-order valence-electron chi connectivity index (χ1n) is 10.5. The van der Waals surface area contributed by atoms with Crippen molar-refractivity contribution in [1.82, 2.24) is 0 Å². The molecule has 33 heavy (non-hydrogen) atoms. The second kappa shape index (κ2) is 12.8. The third-order valence-electron chi connectivity index (χ3n) is 4.68. The molecule has 0 saturated carbocycles. The van der Waals surface area contributed by atoms with Crippen LogP contribution in [0.25, 0.3) is 0 Å². The van der Waals surface area contributed by atoms with Crippen LogP contribution in [0.5, 0.6) is 11.5 Å². The molecule has 0 heterocycles. The summed E-state index contributed by atoms with van der Waals surface area (Å²) >= 11 is 0. The lowest BCUT2D eigenvalue weighted by molar-refractivity contribution is -0.148. The molecule has 9 heteroatoms. The molecule has 1 amide bonds. The number of ketones is 1. The van der Waals surface area contributed by atoms with E-state index in [1.165, 1.54) is 14.0 Å². The summed E-state index contributed by atoms with van der Waals surface area (Å²) in [6.07, 6.45) is 0.702. The molecule has 0 aromatic heterocycles. The van der Waals surface area contributed by atoms with Gasteiger partial charge < -0.3 is 19.5 Å². The highest BCUT2D eigenvalue weighted by molar-refractivity contribution is 6.67. The Bertz CT molecular complexity index is 1010. The molecule has 9 nitrogen and oxygen atoms in total. The molecule has 0 radical (unpaired) electrons. The molecule has 2 aromatic carbocycles. The van der Waals surface area contributed by atoms with E-state index in [-0.39, 0.29) is 30.8 Å². The van der Waals surface area contributed by atoms with Crippen LogP contribution >= 0.6 is 0 Å². The van der Waals surface area contributed by atoms with Gasteiger partial charge in [0.05, 0.1) is 24.4 Å². The largest absolute Gasteiger partial charge is 0.495 e. The maximum atomic E-state index is 12.6. The zero-order chi connectivity index (χ0) is 24.2. The second-order valence-corrected chi connectivity index (χ2v) is 7.10. The number of esters is 1. The number of carbonyl (C=O) groups excluding carboxylic acids is 3. The van der Waals surface area contributed by atoms with Crippen LogP contribution in [-0.4, -0.2) is 43.7 Å². The lowest BCUT2D eigenvalue weighted by Gasteiger charge is -2.13. The maximum absolute atomic E-state index is 12.6. The van der Waals surface area contributed by atoms with Gasteiger partial charge in [-0.25, -0.2) is 0 Å². The topological polar surface area (TPSA) is 115 Å². The number of hydrazone groups is 1. The summed E-state index contributed by atoms with van der Waals surface area (Å²) in [6, 6.07) is 13.7. The molecule has 2 N–H and O–H groups in total. The summed E-state index contributed by atoms with van der Waals surface area (Å²) in [5.41, 5.74) is 3.24. The van der Waals surface area contributed by atoms with Crippen LogP contribution in [0.3, 0.4) is 0 Å². The SMILES string of the molecule is CC[C@H](C)C(=O)OCCOc1ccccc1N/N=C(\C(C)=O)C(=O)Nc1ccccc1OC. The molecule has 0 unspecified atom stereocenters. The fourth-order valence-corrected chi connectivity index (χ4v) is 2.62. The van der Waals surface area contributed by atoms with E-state index in [1.807, 2.05) is 6.92 Å². The highest BCUT2D eigenvalue weighted by atomic mass is 16.6. The Balaban J connectivity index is 2.05. The quantitative estimate of drug-likeness (QED) is 0.165. The number of nitrogens with zero attached hydrogens (tertiary/aromatic N) is 1. The van der Waals surface area contributed by atoms with Crippen LogP contribution in [0.1, 0.15) is 27.2 Å². The number of carbonyl (C=O) groups is 3. The van der Waals surface area contributed by atoms with Gasteiger partial charge in [-0.3, -0.25) is 19.8 Å².